The third kappa shape index (κ3) is 1.13. The highest BCUT2D eigenvalue weighted by molar-refractivity contribution is 7.23. The molecular weight excluding hydrogens is 220 g/mol. The van der Waals surface area contributed by atoms with Gasteiger partial charge in [0.2, 0.25) is 0 Å². The third-order valence-electron chi connectivity index (χ3n) is 2.74. The van der Waals surface area contributed by atoms with Gasteiger partial charge in [0.05, 0.1) is 15.9 Å². The molecule has 4 heteroatoms. The number of imidazole rings is 1. The number of aldehydes is 1. The number of carbonyl (C=O) groups excluding carboxylic acids is 1. The summed E-state index contributed by atoms with van der Waals surface area (Å²) in [5.41, 5.74) is 3.74. The van der Waals surface area contributed by atoms with E-state index in [-0.39, 0.29) is 0 Å². The number of hydrogen-bond donors (Lipinski definition) is 0. The molecule has 1 aromatic carbocycles. The number of carbonyl (C=O) groups is 1. The summed E-state index contributed by atoms with van der Waals surface area (Å²) in [7, 11) is 0. The van der Waals surface area contributed by atoms with Gasteiger partial charge in [0.25, 0.3) is 0 Å². The Morgan fingerprint density at radius 3 is 2.94 bits per heavy atom. The quantitative estimate of drug-likeness (QED) is 0.602. The van der Waals surface area contributed by atoms with Crippen LogP contribution >= 0.6 is 11.3 Å². The molecule has 3 nitrogen and oxygen atoms in total. The molecule has 0 spiro atoms. The minimum atomic E-state index is 0.658. The first kappa shape index (κ1) is 9.54. The molecule has 2 heterocycles. The van der Waals surface area contributed by atoms with Crippen molar-refractivity contribution in [2.45, 2.75) is 13.8 Å². The maximum atomic E-state index is 11.1. The molecule has 0 saturated heterocycles. The zero-order valence-electron chi connectivity index (χ0n) is 9.02. The molecule has 0 N–H and O–H groups in total. The van der Waals surface area contributed by atoms with Gasteiger partial charge in [-0.15, -0.1) is 0 Å². The van der Waals surface area contributed by atoms with E-state index in [1.54, 1.807) is 11.3 Å². The van der Waals surface area contributed by atoms with E-state index in [2.05, 4.69) is 24.0 Å². The van der Waals surface area contributed by atoms with Gasteiger partial charge in [-0.3, -0.25) is 9.20 Å². The number of benzene rings is 1. The van der Waals surface area contributed by atoms with Crippen LogP contribution in [0.4, 0.5) is 0 Å². The molecule has 0 fully saturated rings. The fraction of sp³-hybridized carbons (Fsp3) is 0.167. The lowest BCUT2D eigenvalue weighted by atomic mass is 10.2. The lowest BCUT2D eigenvalue weighted by Gasteiger charge is -1.95. The highest BCUT2D eigenvalue weighted by atomic mass is 32.1. The van der Waals surface area contributed by atoms with E-state index in [9.17, 15) is 4.79 Å². The van der Waals surface area contributed by atoms with Crippen molar-refractivity contribution in [1.82, 2.24) is 9.38 Å². The summed E-state index contributed by atoms with van der Waals surface area (Å²) in [6.45, 7) is 3.93. The van der Waals surface area contributed by atoms with Crippen LogP contribution < -0.4 is 0 Å². The summed E-state index contributed by atoms with van der Waals surface area (Å²) in [6, 6.07) is 6.22. The molecule has 0 unspecified atom stereocenters. The first-order valence-corrected chi connectivity index (χ1v) is 5.86. The van der Waals surface area contributed by atoms with Gasteiger partial charge in [-0.05, 0) is 31.5 Å². The fourth-order valence-corrected chi connectivity index (χ4v) is 3.12. The van der Waals surface area contributed by atoms with E-state index >= 15 is 0 Å². The Labute approximate surface area is 96.3 Å². The van der Waals surface area contributed by atoms with Crippen molar-refractivity contribution in [1.29, 1.82) is 0 Å². The van der Waals surface area contributed by atoms with Gasteiger partial charge in [-0.1, -0.05) is 17.4 Å². The second kappa shape index (κ2) is 3.15. The van der Waals surface area contributed by atoms with Crippen LogP contribution in [-0.4, -0.2) is 15.7 Å². The molecule has 80 valence electrons. The SMILES string of the molecule is Cc1ccc2c(c1)sc1nc(C)c(C=O)n12. The molecule has 0 amide bonds. The number of fused-ring (bicyclic) bond motifs is 3. The van der Waals surface area contributed by atoms with Crippen molar-refractivity contribution in [3.63, 3.8) is 0 Å². The van der Waals surface area contributed by atoms with E-state index in [4.69, 9.17) is 0 Å². The molecule has 2 aromatic heterocycles. The smallest absolute Gasteiger partial charge is 0.195 e. The maximum absolute atomic E-state index is 11.1. The van der Waals surface area contributed by atoms with Gasteiger partial charge in [-0.2, -0.15) is 0 Å². The molecule has 3 aromatic rings. The Bertz CT molecular complexity index is 709. The summed E-state index contributed by atoms with van der Waals surface area (Å²) in [5, 5.41) is 0. The monoisotopic (exact) mass is 230 g/mol. The zero-order valence-corrected chi connectivity index (χ0v) is 9.84. The lowest BCUT2D eigenvalue weighted by Crippen LogP contribution is -1.90. The minimum absolute atomic E-state index is 0.658. The van der Waals surface area contributed by atoms with Crippen LogP contribution in [0.2, 0.25) is 0 Å². The van der Waals surface area contributed by atoms with Crippen LogP contribution in [0.15, 0.2) is 18.2 Å². The molecule has 0 atom stereocenters. The molecule has 0 aliphatic heterocycles. The maximum Gasteiger partial charge on any atom is 0.195 e. The van der Waals surface area contributed by atoms with Crippen molar-refractivity contribution >= 4 is 32.8 Å². The third-order valence-corrected chi connectivity index (χ3v) is 3.74. The van der Waals surface area contributed by atoms with Gasteiger partial charge in [0.15, 0.2) is 11.2 Å². The topological polar surface area (TPSA) is 34.4 Å². The number of thiazole rings is 1. The van der Waals surface area contributed by atoms with E-state index in [1.807, 2.05) is 17.4 Å². The number of aryl methyl sites for hydroxylation is 2. The van der Waals surface area contributed by atoms with Crippen molar-refractivity contribution in [2.24, 2.45) is 0 Å². The fourth-order valence-electron chi connectivity index (χ4n) is 1.94. The van der Waals surface area contributed by atoms with Crippen LogP contribution in [-0.2, 0) is 0 Å². The van der Waals surface area contributed by atoms with E-state index in [0.29, 0.717) is 5.69 Å². The lowest BCUT2D eigenvalue weighted by molar-refractivity contribution is 0.111. The van der Waals surface area contributed by atoms with E-state index in [1.165, 1.54) is 10.3 Å². The first-order chi connectivity index (χ1) is 7.70. The van der Waals surface area contributed by atoms with Gasteiger partial charge in [-0.25, -0.2) is 4.98 Å². The van der Waals surface area contributed by atoms with Crippen LogP contribution in [0.25, 0.3) is 15.2 Å². The molecule has 16 heavy (non-hydrogen) atoms. The van der Waals surface area contributed by atoms with Gasteiger partial charge in [0, 0.05) is 0 Å². The summed E-state index contributed by atoms with van der Waals surface area (Å²) in [6.07, 6.45) is 0.876. The van der Waals surface area contributed by atoms with Gasteiger partial charge < -0.3 is 0 Å². The summed E-state index contributed by atoms with van der Waals surface area (Å²) in [4.78, 5) is 16.3. The predicted molar refractivity (Wildman–Crippen MR) is 65.4 cm³/mol. The predicted octanol–water partition coefficient (Wildman–Crippen LogP) is 2.98. The Balaban J connectivity index is 2.55. The number of aromatic nitrogens is 2. The van der Waals surface area contributed by atoms with E-state index in [0.717, 1.165) is 22.5 Å². The van der Waals surface area contributed by atoms with Crippen molar-refractivity contribution in [3.05, 3.63) is 35.2 Å². The molecule has 0 aliphatic carbocycles. The Hall–Kier alpha value is -1.68. The van der Waals surface area contributed by atoms with Gasteiger partial charge in [0.1, 0.15) is 5.69 Å². The molecule has 0 bridgehead atoms. The van der Waals surface area contributed by atoms with E-state index < -0.39 is 0 Å². The summed E-state index contributed by atoms with van der Waals surface area (Å²) >= 11 is 1.62. The highest BCUT2D eigenvalue weighted by Gasteiger charge is 2.13. The molecule has 3 rings (SSSR count). The van der Waals surface area contributed by atoms with Crippen LogP contribution in [0, 0.1) is 13.8 Å². The molecule has 0 radical (unpaired) electrons. The Morgan fingerprint density at radius 1 is 1.38 bits per heavy atom. The second-order valence-corrected chi connectivity index (χ2v) is 4.90. The first-order valence-electron chi connectivity index (χ1n) is 5.04. The normalized spacial score (nSPS) is 11.4. The standard InChI is InChI=1S/C12H10N2OS/c1-7-3-4-9-11(5-7)16-12-13-8(2)10(6-15)14(9)12/h3-6H,1-2H3. The Kier molecular flexibility index (Phi) is 1.88. The summed E-state index contributed by atoms with van der Waals surface area (Å²) < 4.78 is 3.10. The van der Waals surface area contributed by atoms with Crippen molar-refractivity contribution in [2.75, 3.05) is 0 Å². The van der Waals surface area contributed by atoms with Crippen molar-refractivity contribution in [3.8, 4) is 0 Å². The highest BCUT2D eigenvalue weighted by Crippen LogP contribution is 2.28. The Morgan fingerprint density at radius 2 is 2.19 bits per heavy atom. The van der Waals surface area contributed by atoms with Crippen molar-refractivity contribution < 1.29 is 4.79 Å². The number of rotatable bonds is 1. The molecule has 0 saturated carbocycles. The second-order valence-electron chi connectivity index (χ2n) is 3.89. The minimum Gasteiger partial charge on any atom is -0.296 e. The largest absolute Gasteiger partial charge is 0.296 e. The molecular formula is C12H10N2OS. The number of hydrogen-bond acceptors (Lipinski definition) is 3. The average Bonchev–Trinajstić information content (AvgIpc) is 2.71. The summed E-state index contributed by atoms with van der Waals surface area (Å²) in [5.74, 6) is 0. The van der Waals surface area contributed by atoms with Crippen LogP contribution in [0.1, 0.15) is 21.7 Å². The van der Waals surface area contributed by atoms with Crippen LogP contribution in [0.5, 0.6) is 0 Å². The molecule has 0 aliphatic rings. The van der Waals surface area contributed by atoms with Crippen LogP contribution in [0.3, 0.4) is 0 Å². The average molecular weight is 230 g/mol. The zero-order chi connectivity index (χ0) is 11.3. The number of nitrogens with zero attached hydrogens (tertiary/aromatic N) is 2. The van der Waals surface area contributed by atoms with Gasteiger partial charge >= 0.3 is 0 Å².